The van der Waals surface area contributed by atoms with Gasteiger partial charge in [-0.05, 0) is 24.1 Å². The summed E-state index contributed by atoms with van der Waals surface area (Å²) in [6, 6.07) is 6.67. The van der Waals surface area contributed by atoms with Crippen LogP contribution in [-0.2, 0) is 26.1 Å². The molecule has 1 aromatic carbocycles. The van der Waals surface area contributed by atoms with Gasteiger partial charge in [0, 0.05) is 25.0 Å². The van der Waals surface area contributed by atoms with E-state index < -0.39 is 15.4 Å². The molecule has 0 bridgehead atoms. The van der Waals surface area contributed by atoms with Crippen LogP contribution >= 0.6 is 0 Å². The molecule has 1 aliphatic rings. The fourth-order valence-corrected chi connectivity index (χ4v) is 3.71. The van der Waals surface area contributed by atoms with E-state index in [1.165, 1.54) is 4.31 Å². The number of nitrogens with one attached hydrogen (secondary N) is 1. The van der Waals surface area contributed by atoms with Gasteiger partial charge < -0.3 is 10.1 Å². The standard InChI is InChI=1S/C17H26N2O4S/c1-4-17(2,3)16(20)18-13-14-5-7-15(8-6-14)24(21,22)19-9-11-23-12-10-19/h5-8H,4,9-13H2,1-3H3,(H,18,20). The van der Waals surface area contributed by atoms with Gasteiger partial charge in [-0.2, -0.15) is 4.31 Å². The van der Waals surface area contributed by atoms with E-state index in [-0.39, 0.29) is 10.8 Å². The molecule has 6 nitrogen and oxygen atoms in total. The Kier molecular flexibility index (Phi) is 6.01. The normalized spacial score (nSPS) is 16.8. The maximum Gasteiger partial charge on any atom is 0.243 e. The summed E-state index contributed by atoms with van der Waals surface area (Å²) in [4.78, 5) is 12.3. The second-order valence-corrected chi connectivity index (χ2v) is 8.52. The Hall–Kier alpha value is -1.44. The van der Waals surface area contributed by atoms with Crippen LogP contribution in [0.1, 0.15) is 32.8 Å². The van der Waals surface area contributed by atoms with E-state index in [1.54, 1.807) is 24.3 Å². The quantitative estimate of drug-likeness (QED) is 0.845. The number of ether oxygens (including phenoxy) is 1. The SMILES string of the molecule is CCC(C)(C)C(=O)NCc1ccc(S(=O)(=O)N2CCOCC2)cc1. The molecule has 7 heteroatoms. The molecule has 0 saturated carbocycles. The van der Waals surface area contributed by atoms with E-state index in [0.717, 1.165) is 12.0 Å². The van der Waals surface area contributed by atoms with Crippen LogP contribution in [0, 0.1) is 5.41 Å². The van der Waals surface area contributed by atoms with Gasteiger partial charge in [-0.3, -0.25) is 4.79 Å². The third kappa shape index (κ3) is 4.34. The number of sulfonamides is 1. The van der Waals surface area contributed by atoms with Crippen LogP contribution in [0.2, 0.25) is 0 Å². The average Bonchev–Trinajstić information content (AvgIpc) is 2.60. The Morgan fingerprint density at radius 3 is 2.33 bits per heavy atom. The molecule has 0 unspecified atom stereocenters. The summed E-state index contributed by atoms with van der Waals surface area (Å²) < 4.78 is 31.7. The molecule has 0 aliphatic carbocycles. The van der Waals surface area contributed by atoms with Crippen LogP contribution in [0.5, 0.6) is 0 Å². The number of amides is 1. The van der Waals surface area contributed by atoms with Gasteiger partial charge in [-0.1, -0.05) is 32.9 Å². The van der Waals surface area contributed by atoms with Crippen molar-refractivity contribution in [3.8, 4) is 0 Å². The summed E-state index contributed by atoms with van der Waals surface area (Å²) in [5.74, 6) is -0.00462. The predicted molar refractivity (Wildman–Crippen MR) is 91.9 cm³/mol. The maximum atomic E-state index is 12.5. The molecule has 0 spiro atoms. The van der Waals surface area contributed by atoms with Crippen molar-refractivity contribution in [2.45, 2.75) is 38.6 Å². The van der Waals surface area contributed by atoms with Crippen LogP contribution in [0.4, 0.5) is 0 Å². The van der Waals surface area contributed by atoms with Gasteiger partial charge in [-0.15, -0.1) is 0 Å². The Morgan fingerprint density at radius 2 is 1.79 bits per heavy atom. The van der Waals surface area contributed by atoms with Crippen LogP contribution in [0.25, 0.3) is 0 Å². The second-order valence-electron chi connectivity index (χ2n) is 6.58. The Labute approximate surface area is 144 Å². The van der Waals surface area contributed by atoms with Crippen LogP contribution in [0.3, 0.4) is 0 Å². The molecule has 0 atom stereocenters. The molecule has 1 aromatic rings. The molecule has 1 aliphatic heterocycles. The van der Waals surface area contributed by atoms with Crippen molar-refractivity contribution in [2.75, 3.05) is 26.3 Å². The highest BCUT2D eigenvalue weighted by Gasteiger charge is 2.26. The third-order valence-corrected chi connectivity index (χ3v) is 6.40. The topological polar surface area (TPSA) is 75.7 Å². The minimum atomic E-state index is -3.47. The summed E-state index contributed by atoms with van der Waals surface area (Å²) >= 11 is 0. The first-order valence-corrected chi connectivity index (χ1v) is 9.66. The van der Waals surface area contributed by atoms with Crippen molar-refractivity contribution in [1.29, 1.82) is 0 Å². The summed E-state index contributed by atoms with van der Waals surface area (Å²) in [5, 5.41) is 2.90. The average molecular weight is 354 g/mol. The molecule has 134 valence electrons. The molecule has 1 saturated heterocycles. The maximum absolute atomic E-state index is 12.5. The molecule has 2 rings (SSSR count). The third-order valence-electron chi connectivity index (χ3n) is 4.48. The van der Waals surface area contributed by atoms with Crippen molar-refractivity contribution in [2.24, 2.45) is 5.41 Å². The summed E-state index contributed by atoms with van der Waals surface area (Å²) in [7, 11) is -3.47. The largest absolute Gasteiger partial charge is 0.379 e. The lowest BCUT2D eigenvalue weighted by Gasteiger charge is -2.26. The monoisotopic (exact) mass is 354 g/mol. The summed E-state index contributed by atoms with van der Waals surface area (Å²) in [5.41, 5.74) is 0.468. The van der Waals surface area contributed by atoms with Crippen molar-refractivity contribution in [3.63, 3.8) is 0 Å². The van der Waals surface area contributed by atoms with Gasteiger partial charge in [0.05, 0.1) is 18.1 Å². The number of hydrogen-bond donors (Lipinski definition) is 1. The molecule has 0 aromatic heterocycles. The Bertz CT molecular complexity index is 662. The zero-order valence-corrected chi connectivity index (χ0v) is 15.4. The zero-order valence-electron chi connectivity index (χ0n) is 14.5. The van der Waals surface area contributed by atoms with E-state index in [9.17, 15) is 13.2 Å². The highest BCUT2D eigenvalue weighted by Crippen LogP contribution is 2.20. The van der Waals surface area contributed by atoms with Gasteiger partial charge in [0.1, 0.15) is 0 Å². The predicted octanol–water partition coefficient (Wildman–Crippen LogP) is 1.76. The highest BCUT2D eigenvalue weighted by atomic mass is 32.2. The van der Waals surface area contributed by atoms with Gasteiger partial charge in [0.15, 0.2) is 0 Å². The molecule has 0 radical (unpaired) electrons. The van der Waals surface area contributed by atoms with Crippen LogP contribution in [-0.4, -0.2) is 44.9 Å². The van der Waals surface area contributed by atoms with Crippen molar-refractivity contribution < 1.29 is 17.9 Å². The summed E-state index contributed by atoms with van der Waals surface area (Å²) in [6.45, 7) is 7.79. The molecular formula is C17H26N2O4S. The minimum absolute atomic E-state index is 0.00462. The first kappa shape index (κ1) is 18.9. The molecule has 1 amide bonds. The lowest BCUT2D eigenvalue weighted by Crippen LogP contribution is -2.40. The number of carbonyl (C=O) groups excluding carboxylic acids is 1. The van der Waals surface area contributed by atoms with Crippen molar-refractivity contribution in [1.82, 2.24) is 9.62 Å². The van der Waals surface area contributed by atoms with Crippen molar-refractivity contribution >= 4 is 15.9 Å². The smallest absolute Gasteiger partial charge is 0.243 e. The first-order chi connectivity index (χ1) is 11.3. The zero-order chi connectivity index (χ0) is 17.8. The summed E-state index contributed by atoms with van der Waals surface area (Å²) in [6.07, 6.45) is 0.759. The number of benzene rings is 1. The first-order valence-electron chi connectivity index (χ1n) is 8.22. The molecule has 1 fully saturated rings. The number of hydrogen-bond acceptors (Lipinski definition) is 4. The van der Waals surface area contributed by atoms with Gasteiger partial charge in [-0.25, -0.2) is 8.42 Å². The van der Waals surface area contributed by atoms with Gasteiger partial charge in [0.2, 0.25) is 15.9 Å². The number of carbonyl (C=O) groups is 1. The van der Waals surface area contributed by atoms with E-state index >= 15 is 0 Å². The number of nitrogens with zero attached hydrogens (tertiary/aromatic N) is 1. The van der Waals surface area contributed by atoms with Crippen LogP contribution < -0.4 is 5.32 Å². The molecular weight excluding hydrogens is 328 g/mol. The second kappa shape index (κ2) is 7.63. The Morgan fingerprint density at radius 1 is 1.21 bits per heavy atom. The Balaban J connectivity index is 2.01. The van der Waals surface area contributed by atoms with E-state index in [4.69, 9.17) is 4.74 Å². The molecule has 24 heavy (non-hydrogen) atoms. The fourth-order valence-electron chi connectivity index (χ4n) is 2.30. The lowest BCUT2D eigenvalue weighted by molar-refractivity contribution is -0.129. The molecule has 1 N–H and O–H groups in total. The van der Waals surface area contributed by atoms with Gasteiger partial charge in [0.25, 0.3) is 0 Å². The van der Waals surface area contributed by atoms with E-state index in [1.807, 2.05) is 20.8 Å². The number of morpholine rings is 1. The van der Waals surface area contributed by atoms with Gasteiger partial charge >= 0.3 is 0 Å². The van der Waals surface area contributed by atoms with E-state index in [0.29, 0.717) is 32.8 Å². The highest BCUT2D eigenvalue weighted by molar-refractivity contribution is 7.89. The number of rotatable bonds is 6. The fraction of sp³-hybridized carbons (Fsp3) is 0.588. The lowest BCUT2D eigenvalue weighted by atomic mass is 9.89. The molecule has 1 heterocycles. The minimum Gasteiger partial charge on any atom is -0.379 e. The van der Waals surface area contributed by atoms with Crippen molar-refractivity contribution in [3.05, 3.63) is 29.8 Å². The van der Waals surface area contributed by atoms with Crippen LogP contribution in [0.15, 0.2) is 29.2 Å². The van der Waals surface area contributed by atoms with E-state index in [2.05, 4.69) is 5.32 Å².